The summed E-state index contributed by atoms with van der Waals surface area (Å²) in [7, 11) is 4.22. The topological polar surface area (TPSA) is 18.5 Å². The smallest absolute Gasteiger partial charge is 0.0541 e. The molecule has 4 heteroatoms. The molecule has 0 spiro atoms. The van der Waals surface area contributed by atoms with Crippen molar-refractivity contribution in [3.63, 3.8) is 0 Å². The van der Waals surface area contributed by atoms with E-state index in [0.717, 1.165) is 30.7 Å². The molecule has 0 radical (unpaired) electrons. The maximum atomic E-state index is 3.49. The highest BCUT2D eigenvalue weighted by molar-refractivity contribution is 9.10. The van der Waals surface area contributed by atoms with Gasteiger partial charge in [-0.1, -0.05) is 15.9 Å². The lowest BCUT2D eigenvalue weighted by molar-refractivity contribution is 0.265. The van der Waals surface area contributed by atoms with Gasteiger partial charge in [0.15, 0.2) is 0 Å². The van der Waals surface area contributed by atoms with E-state index in [0.29, 0.717) is 6.04 Å². The minimum atomic E-state index is 0.555. The molecule has 0 aliphatic carbocycles. The molecule has 2 rings (SSSR count). The zero-order valence-electron chi connectivity index (χ0n) is 10.5. The third-order valence-electron chi connectivity index (χ3n) is 3.28. The fourth-order valence-electron chi connectivity index (χ4n) is 2.39. The molecule has 1 fully saturated rings. The zero-order chi connectivity index (χ0) is 12.3. The minimum Gasteiger partial charge on any atom is -0.365 e. The van der Waals surface area contributed by atoms with Crippen molar-refractivity contribution in [1.29, 1.82) is 0 Å². The summed E-state index contributed by atoms with van der Waals surface area (Å²) in [6, 6.07) is 9.17. The summed E-state index contributed by atoms with van der Waals surface area (Å²) in [6.45, 7) is 4.39. The van der Waals surface area contributed by atoms with Crippen LogP contribution in [0.4, 0.5) is 5.69 Å². The van der Waals surface area contributed by atoms with Crippen LogP contribution in [-0.4, -0.2) is 51.2 Å². The number of benzene rings is 1. The molecule has 1 aliphatic heterocycles. The Morgan fingerprint density at radius 2 is 2.00 bits per heavy atom. The van der Waals surface area contributed by atoms with Crippen molar-refractivity contribution in [2.75, 3.05) is 45.2 Å². The number of rotatable bonds is 3. The third kappa shape index (κ3) is 3.21. The van der Waals surface area contributed by atoms with Gasteiger partial charge in [-0.15, -0.1) is 0 Å². The molecule has 1 aliphatic rings. The predicted octanol–water partition coefficient (Wildman–Crippen LogP) is 1.79. The number of hydrogen-bond acceptors (Lipinski definition) is 3. The van der Waals surface area contributed by atoms with Gasteiger partial charge in [0.1, 0.15) is 0 Å². The number of hydrogen-bond donors (Lipinski definition) is 1. The zero-order valence-corrected chi connectivity index (χ0v) is 12.1. The van der Waals surface area contributed by atoms with Crippen LogP contribution in [0.1, 0.15) is 0 Å². The van der Waals surface area contributed by atoms with E-state index in [1.165, 1.54) is 5.69 Å². The largest absolute Gasteiger partial charge is 0.365 e. The highest BCUT2D eigenvalue weighted by Crippen LogP contribution is 2.22. The first-order valence-corrected chi connectivity index (χ1v) is 6.85. The Hall–Kier alpha value is -0.580. The summed E-state index contributed by atoms with van der Waals surface area (Å²) in [5.41, 5.74) is 1.32. The van der Waals surface area contributed by atoms with Gasteiger partial charge in [0, 0.05) is 36.3 Å². The van der Waals surface area contributed by atoms with Gasteiger partial charge < -0.3 is 15.1 Å². The number of halogens is 1. The molecule has 1 aromatic rings. The van der Waals surface area contributed by atoms with Crippen molar-refractivity contribution < 1.29 is 0 Å². The van der Waals surface area contributed by atoms with Crippen molar-refractivity contribution in [3.05, 3.63) is 28.7 Å². The Kier molecular flexibility index (Phi) is 4.42. The normalized spacial score (nSPS) is 21.8. The molecule has 0 aromatic heterocycles. The SMILES string of the molecule is CNCC1CN(C)CCN1c1ccc(Br)cc1. The van der Waals surface area contributed by atoms with E-state index in [1.807, 2.05) is 7.05 Å². The molecule has 1 heterocycles. The molecule has 1 atom stereocenters. The van der Waals surface area contributed by atoms with E-state index in [1.54, 1.807) is 0 Å². The molecule has 17 heavy (non-hydrogen) atoms. The van der Waals surface area contributed by atoms with Gasteiger partial charge in [0.05, 0.1) is 6.04 Å². The van der Waals surface area contributed by atoms with Crippen molar-refractivity contribution in [2.24, 2.45) is 0 Å². The summed E-state index contributed by atoms with van der Waals surface area (Å²) >= 11 is 3.49. The van der Waals surface area contributed by atoms with Crippen LogP contribution in [0.5, 0.6) is 0 Å². The maximum absolute atomic E-state index is 3.49. The monoisotopic (exact) mass is 297 g/mol. The number of likely N-dealkylation sites (N-methyl/N-ethyl adjacent to an activating group) is 2. The van der Waals surface area contributed by atoms with Crippen LogP contribution in [-0.2, 0) is 0 Å². The molecule has 1 saturated heterocycles. The molecule has 3 nitrogen and oxygen atoms in total. The van der Waals surface area contributed by atoms with Gasteiger partial charge in [-0.25, -0.2) is 0 Å². The number of anilines is 1. The summed E-state index contributed by atoms with van der Waals surface area (Å²) in [5, 5.41) is 3.29. The molecular formula is C13H20BrN3. The maximum Gasteiger partial charge on any atom is 0.0541 e. The van der Waals surface area contributed by atoms with Crippen LogP contribution in [0, 0.1) is 0 Å². The van der Waals surface area contributed by atoms with Crippen LogP contribution in [0.25, 0.3) is 0 Å². The minimum absolute atomic E-state index is 0.555. The Balaban J connectivity index is 2.14. The number of nitrogens with zero attached hydrogens (tertiary/aromatic N) is 2. The van der Waals surface area contributed by atoms with Crippen molar-refractivity contribution in [2.45, 2.75) is 6.04 Å². The molecule has 0 saturated carbocycles. The van der Waals surface area contributed by atoms with E-state index < -0.39 is 0 Å². The van der Waals surface area contributed by atoms with Crippen molar-refractivity contribution in [1.82, 2.24) is 10.2 Å². The Morgan fingerprint density at radius 1 is 1.29 bits per heavy atom. The molecule has 1 aromatic carbocycles. The van der Waals surface area contributed by atoms with E-state index in [2.05, 4.69) is 62.4 Å². The molecular weight excluding hydrogens is 278 g/mol. The van der Waals surface area contributed by atoms with Crippen molar-refractivity contribution >= 4 is 21.6 Å². The van der Waals surface area contributed by atoms with Crippen LogP contribution in [0.2, 0.25) is 0 Å². The van der Waals surface area contributed by atoms with Gasteiger partial charge in [0.2, 0.25) is 0 Å². The third-order valence-corrected chi connectivity index (χ3v) is 3.81. The predicted molar refractivity (Wildman–Crippen MR) is 76.7 cm³/mol. The summed E-state index contributed by atoms with van der Waals surface area (Å²) in [6.07, 6.45) is 0. The van der Waals surface area contributed by atoms with Crippen LogP contribution in [0.15, 0.2) is 28.7 Å². The fourth-order valence-corrected chi connectivity index (χ4v) is 2.66. The summed E-state index contributed by atoms with van der Waals surface area (Å²) in [4.78, 5) is 4.90. The highest BCUT2D eigenvalue weighted by atomic mass is 79.9. The van der Waals surface area contributed by atoms with Gasteiger partial charge in [-0.05, 0) is 38.4 Å². The average Bonchev–Trinajstić information content (AvgIpc) is 2.31. The number of piperazine rings is 1. The highest BCUT2D eigenvalue weighted by Gasteiger charge is 2.24. The van der Waals surface area contributed by atoms with Crippen LogP contribution in [0.3, 0.4) is 0 Å². The Labute approximate surface area is 112 Å². The molecule has 1 unspecified atom stereocenters. The summed E-state index contributed by atoms with van der Waals surface area (Å²) in [5.74, 6) is 0. The second-order valence-electron chi connectivity index (χ2n) is 4.64. The van der Waals surface area contributed by atoms with E-state index in [4.69, 9.17) is 0 Å². The lowest BCUT2D eigenvalue weighted by atomic mass is 10.1. The standard InChI is InChI=1S/C13H20BrN3/c1-15-9-13-10-16(2)7-8-17(13)12-5-3-11(14)4-6-12/h3-6,13,15H,7-10H2,1-2H3. The lowest BCUT2D eigenvalue weighted by Gasteiger charge is -2.41. The molecule has 0 amide bonds. The van der Waals surface area contributed by atoms with Gasteiger partial charge in [-0.2, -0.15) is 0 Å². The van der Waals surface area contributed by atoms with Crippen LogP contribution < -0.4 is 10.2 Å². The van der Waals surface area contributed by atoms with Gasteiger partial charge >= 0.3 is 0 Å². The molecule has 94 valence electrons. The number of nitrogens with one attached hydrogen (secondary N) is 1. The van der Waals surface area contributed by atoms with Gasteiger partial charge in [0.25, 0.3) is 0 Å². The van der Waals surface area contributed by atoms with E-state index >= 15 is 0 Å². The Morgan fingerprint density at radius 3 is 2.65 bits per heavy atom. The quantitative estimate of drug-likeness (QED) is 0.918. The van der Waals surface area contributed by atoms with E-state index in [-0.39, 0.29) is 0 Å². The van der Waals surface area contributed by atoms with E-state index in [9.17, 15) is 0 Å². The Bertz CT molecular complexity index is 352. The average molecular weight is 298 g/mol. The first-order chi connectivity index (χ1) is 8.20. The first-order valence-electron chi connectivity index (χ1n) is 6.06. The second kappa shape index (κ2) is 5.85. The first kappa shape index (κ1) is 12.9. The lowest BCUT2D eigenvalue weighted by Crippen LogP contribution is -2.55. The van der Waals surface area contributed by atoms with Crippen LogP contribution >= 0.6 is 15.9 Å². The summed E-state index contributed by atoms with van der Waals surface area (Å²) < 4.78 is 1.14. The molecule has 1 N–H and O–H groups in total. The second-order valence-corrected chi connectivity index (χ2v) is 5.56. The molecule has 0 bridgehead atoms. The van der Waals surface area contributed by atoms with Gasteiger partial charge in [-0.3, -0.25) is 0 Å². The van der Waals surface area contributed by atoms with Crippen molar-refractivity contribution in [3.8, 4) is 0 Å². The fraction of sp³-hybridized carbons (Fsp3) is 0.538.